The van der Waals surface area contributed by atoms with Gasteiger partial charge >= 0.3 is 0 Å². The van der Waals surface area contributed by atoms with E-state index in [4.69, 9.17) is 9.92 Å². The molecule has 5 aromatic carbocycles. The number of aryl methyl sites for hydroxylation is 1. The molecule has 2 aromatic heterocycles. The molecule has 3 heterocycles. The average molecular weight is 809 g/mol. The Morgan fingerprint density at radius 1 is 0.729 bits per heavy atom. The van der Waals surface area contributed by atoms with E-state index >= 15 is 0 Å². The van der Waals surface area contributed by atoms with Gasteiger partial charge in [0.25, 0.3) is 0 Å². The van der Waals surface area contributed by atoms with Gasteiger partial charge < -0.3 is 4.57 Å². The summed E-state index contributed by atoms with van der Waals surface area (Å²) < 4.78 is 2.26. The van der Waals surface area contributed by atoms with Crippen LogP contribution in [0.15, 0.2) is 121 Å². The predicted octanol–water partition coefficient (Wildman–Crippen LogP) is 10.3. The van der Waals surface area contributed by atoms with Crippen LogP contribution < -0.4 is 10.1 Å². The molecule has 48 heavy (non-hydrogen) atoms. The van der Waals surface area contributed by atoms with Crippen molar-refractivity contribution in [2.24, 2.45) is 0 Å². The minimum atomic E-state index is -0.390. The van der Waals surface area contributed by atoms with E-state index < -0.39 is 0 Å². The molecular formula is C42H37N4OPt-. The normalized spacial score (nSPS) is 13.0. The second-order valence-electron chi connectivity index (χ2n) is 13.1. The van der Waals surface area contributed by atoms with E-state index in [0.717, 1.165) is 56.0 Å². The first kappa shape index (κ1) is 31.9. The number of fused-ring (bicyclic) bond motifs is 4. The molecule has 0 amide bonds. The molecule has 7 aromatic rings. The van der Waals surface area contributed by atoms with E-state index in [-0.39, 0.29) is 32.5 Å². The van der Waals surface area contributed by atoms with Crippen LogP contribution in [0.4, 0.5) is 17.1 Å². The molecule has 0 spiro atoms. The van der Waals surface area contributed by atoms with Crippen molar-refractivity contribution >= 4 is 38.9 Å². The van der Waals surface area contributed by atoms with Crippen LogP contribution in [-0.4, -0.2) is 20.5 Å². The molecule has 0 unspecified atom stereocenters. The molecule has 0 saturated carbocycles. The maximum Gasteiger partial charge on any atom is 0.145 e. The minimum Gasteiger partial charge on any atom is -0.319 e. The van der Waals surface area contributed by atoms with Gasteiger partial charge in [0.05, 0.1) is 6.04 Å². The molecule has 0 radical (unpaired) electrons. The van der Waals surface area contributed by atoms with Crippen molar-refractivity contribution in [2.75, 3.05) is 10.1 Å². The summed E-state index contributed by atoms with van der Waals surface area (Å²) in [5.41, 5.74) is 10.6. The van der Waals surface area contributed by atoms with Crippen LogP contribution in [0.25, 0.3) is 38.8 Å². The zero-order valence-corrected chi connectivity index (χ0v) is 29.9. The van der Waals surface area contributed by atoms with Crippen LogP contribution in [0.1, 0.15) is 44.4 Å². The average Bonchev–Trinajstić information content (AvgIpc) is 3.65. The van der Waals surface area contributed by atoms with E-state index in [1.165, 1.54) is 16.5 Å². The summed E-state index contributed by atoms with van der Waals surface area (Å²) in [5, 5.41) is 6.42. The Kier molecular flexibility index (Phi) is 8.23. The molecule has 5 nitrogen and oxygen atoms in total. The Balaban J connectivity index is 0.00000364. The van der Waals surface area contributed by atoms with Crippen LogP contribution in [-0.2, 0) is 26.5 Å². The monoisotopic (exact) mass is 808 g/mol. The van der Waals surface area contributed by atoms with Crippen molar-refractivity contribution < 1.29 is 26.0 Å². The Morgan fingerprint density at radius 3 is 2.27 bits per heavy atom. The molecule has 0 bridgehead atoms. The van der Waals surface area contributed by atoms with Crippen molar-refractivity contribution in [3.05, 3.63) is 150 Å². The Morgan fingerprint density at radius 2 is 1.46 bits per heavy atom. The number of nitrogens with zero attached hydrogens (tertiary/aromatic N) is 4. The first-order valence-corrected chi connectivity index (χ1v) is 16.2. The maximum absolute atomic E-state index is 4.98. The fraction of sp³-hybridized carbons (Fsp3) is 0.167. The SMILES string of the molecule is Cc1ccccc1-c1ccnc(-n2c3[c-]c(C(C)(C)c4[c-]c(N5[OH+]N(C(C)C)c6ccccc65)ccc4)ccc3c3ccccc32)c1.[Pt]. The first-order chi connectivity index (χ1) is 22.8. The number of benzene rings is 5. The third-order valence-electron chi connectivity index (χ3n) is 9.40. The number of hydrogen-bond donors (Lipinski definition) is 0. The molecule has 8 rings (SSSR count). The molecule has 1 N–H and O–H groups in total. The Bertz CT molecular complexity index is 2290. The summed E-state index contributed by atoms with van der Waals surface area (Å²) in [6.07, 6.45) is 1.91. The van der Waals surface area contributed by atoms with Crippen molar-refractivity contribution in [3.8, 4) is 16.9 Å². The molecule has 1 aliphatic rings. The summed E-state index contributed by atoms with van der Waals surface area (Å²) in [5.74, 6) is 0.876. The number of aromatic nitrogens is 2. The summed E-state index contributed by atoms with van der Waals surface area (Å²) in [4.78, 5) is 9.88. The second-order valence-corrected chi connectivity index (χ2v) is 13.1. The van der Waals surface area contributed by atoms with E-state index in [1.807, 2.05) is 11.3 Å². The summed E-state index contributed by atoms with van der Waals surface area (Å²) in [6.45, 7) is 11.0. The van der Waals surface area contributed by atoms with Gasteiger partial charge in [-0.05, 0) is 78.6 Å². The van der Waals surface area contributed by atoms with Gasteiger partial charge in [-0.2, -0.15) is 46.4 Å². The maximum atomic E-state index is 4.98. The van der Waals surface area contributed by atoms with Gasteiger partial charge in [0.2, 0.25) is 0 Å². The van der Waals surface area contributed by atoms with Crippen LogP contribution in [0, 0.1) is 19.1 Å². The number of pyridine rings is 1. The number of rotatable bonds is 6. The molecule has 242 valence electrons. The summed E-state index contributed by atoms with van der Waals surface area (Å²) in [7, 11) is 0. The summed E-state index contributed by atoms with van der Waals surface area (Å²) in [6, 6.07) is 48.4. The molecule has 0 aliphatic carbocycles. The fourth-order valence-electron chi connectivity index (χ4n) is 6.78. The van der Waals surface area contributed by atoms with Crippen molar-refractivity contribution in [1.82, 2.24) is 9.55 Å². The Hall–Kier alpha value is -4.70. The van der Waals surface area contributed by atoms with Gasteiger partial charge in [-0.1, -0.05) is 74.0 Å². The third kappa shape index (κ3) is 5.22. The van der Waals surface area contributed by atoms with E-state index in [1.54, 1.807) is 0 Å². The van der Waals surface area contributed by atoms with E-state index in [9.17, 15) is 0 Å². The second kappa shape index (κ2) is 12.4. The van der Waals surface area contributed by atoms with Gasteiger partial charge in [-0.15, -0.1) is 27.6 Å². The first-order valence-electron chi connectivity index (χ1n) is 16.2. The third-order valence-corrected chi connectivity index (χ3v) is 9.40. The molecule has 0 atom stereocenters. The number of anilines is 3. The van der Waals surface area contributed by atoms with Gasteiger partial charge in [0.15, 0.2) is 0 Å². The molecule has 6 heteroatoms. The largest absolute Gasteiger partial charge is 0.319 e. The number of para-hydroxylation sites is 3. The van der Waals surface area contributed by atoms with Crippen LogP contribution >= 0.6 is 0 Å². The predicted molar refractivity (Wildman–Crippen MR) is 193 cm³/mol. The van der Waals surface area contributed by atoms with Crippen LogP contribution in [0.2, 0.25) is 0 Å². The van der Waals surface area contributed by atoms with Crippen molar-refractivity contribution in [1.29, 1.82) is 0 Å². The summed E-state index contributed by atoms with van der Waals surface area (Å²) >= 11 is 0. The van der Waals surface area contributed by atoms with Gasteiger partial charge in [-0.3, -0.25) is 0 Å². The van der Waals surface area contributed by atoms with Crippen molar-refractivity contribution in [3.63, 3.8) is 0 Å². The standard InChI is InChI=1S/C42H36N4O.Pt/c1-28(2)45-38-19-10-11-20-39(38)46(47-45)33-15-12-14-31(26-33)42(4,5)32-21-22-36-35-17-8-9-18-37(35)44(40(36)27-32)41-25-30(23-24-43-41)34-16-7-6-13-29(34)3;/h6-25,28H,1-5H3;/q-2;/p+1. The zero-order chi connectivity index (χ0) is 32.3. The quantitative estimate of drug-likeness (QED) is 0.124. The smallest absolute Gasteiger partial charge is 0.145 e. The van der Waals surface area contributed by atoms with Gasteiger partial charge in [0, 0.05) is 38.5 Å². The molecule has 0 saturated heterocycles. The zero-order valence-electron chi connectivity index (χ0n) is 27.7. The Labute approximate surface area is 296 Å². The molecule has 1 aliphatic heterocycles. The number of hydroxylamine groups is 1. The van der Waals surface area contributed by atoms with Crippen LogP contribution in [0.5, 0.6) is 0 Å². The van der Waals surface area contributed by atoms with E-state index in [0.29, 0.717) is 0 Å². The topological polar surface area (TPSA) is 37.1 Å². The molecule has 0 fully saturated rings. The molecular weight excluding hydrogens is 772 g/mol. The van der Waals surface area contributed by atoms with Crippen molar-refractivity contribution in [2.45, 2.75) is 46.1 Å². The minimum absolute atomic E-state index is 0. The van der Waals surface area contributed by atoms with E-state index in [2.05, 4.69) is 172 Å². The number of hydrogen-bond acceptors (Lipinski definition) is 3. The van der Waals surface area contributed by atoms with Crippen LogP contribution in [0.3, 0.4) is 0 Å². The van der Waals surface area contributed by atoms with Gasteiger partial charge in [-0.25, -0.2) is 4.98 Å². The van der Waals surface area contributed by atoms with Gasteiger partial charge in [0.1, 0.15) is 17.2 Å². The fourth-order valence-corrected chi connectivity index (χ4v) is 6.78.